The maximum Gasteiger partial charge on any atom is 0.357 e. The van der Waals surface area contributed by atoms with E-state index in [0.29, 0.717) is 11.3 Å². The van der Waals surface area contributed by atoms with Gasteiger partial charge in [0, 0.05) is 11.9 Å². The van der Waals surface area contributed by atoms with Gasteiger partial charge in [0.05, 0.1) is 23.9 Å². The molecule has 1 aromatic heterocycles. The fraction of sp³-hybridized carbons (Fsp3) is 0.167. The van der Waals surface area contributed by atoms with Crippen molar-refractivity contribution < 1.29 is 19.1 Å². The summed E-state index contributed by atoms with van der Waals surface area (Å²) in [4.78, 5) is 24.2. The highest BCUT2D eigenvalue weighted by Crippen LogP contribution is 2.26. The topological polar surface area (TPSA) is 107 Å². The Morgan fingerprint density at radius 2 is 2.08 bits per heavy atom. The van der Waals surface area contributed by atoms with Crippen LogP contribution in [0.4, 0.5) is 5.69 Å². The van der Waals surface area contributed by atoms with Crippen molar-refractivity contribution in [3.63, 3.8) is 0 Å². The van der Waals surface area contributed by atoms with Gasteiger partial charge >= 0.3 is 11.9 Å². The summed E-state index contributed by atoms with van der Waals surface area (Å²) < 4.78 is 11.2. The lowest BCUT2D eigenvalue weighted by molar-refractivity contribution is 0.0548. The molecule has 0 atom stereocenters. The molecule has 0 spiro atoms. The SMILES string of the molecule is C=CCOC(=O)c1cc(C)cc(-n2cc(C#N)c(N)c2C(=O)OC)c1. The molecule has 0 unspecified atom stereocenters. The van der Waals surface area contributed by atoms with Crippen molar-refractivity contribution in [3.8, 4) is 11.8 Å². The van der Waals surface area contributed by atoms with Gasteiger partial charge in [-0.05, 0) is 30.7 Å². The lowest BCUT2D eigenvalue weighted by Gasteiger charge is -2.11. The number of rotatable bonds is 5. The minimum atomic E-state index is -0.684. The highest BCUT2D eigenvalue weighted by molar-refractivity contribution is 5.96. The Balaban J connectivity index is 2.61. The number of aromatic nitrogens is 1. The number of carbonyl (C=O) groups is 2. The molecule has 25 heavy (non-hydrogen) atoms. The number of ether oxygens (including phenoxy) is 2. The van der Waals surface area contributed by atoms with Crippen molar-refractivity contribution in [2.75, 3.05) is 19.5 Å². The number of methoxy groups -OCH3 is 1. The molecule has 2 aromatic rings. The van der Waals surface area contributed by atoms with E-state index in [1.165, 1.54) is 23.9 Å². The van der Waals surface area contributed by atoms with E-state index in [1.807, 2.05) is 6.07 Å². The number of nitrogens with two attached hydrogens (primary N) is 1. The first-order valence-electron chi connectivity index (χ1n) is 7.32. The van der Waals surface area contributed by atoms with E-state index in [9.17, 15) is 14.9 Å². The summed E-state index contributed by atoms with van der Waals surface area (Å²) in [6, 6.07) is 6.88. The minimum absolute atomic E-state index is 0.0200. The van der Waals surface area contributed by atoms with Crippen LogP contribution in [0.15, 0.2) is 37.1 Å². The van der Waals surface area contributed by atoms with Gasteiger partial charge in [-0.2, -0.15) is 5.26 Å². The van der Waals surface area contributed by atoms with E-state index in [4.69, 9.17) is 15.2 Å². The molecule has 0 saturated carbocycles. The number of esters is 2. The number of anilines is 1. The largest absolute Gasteiger partial charge is 0.464 e. The summed E-state index contributed by atoms with van der Waals surface area (Å²) in [6.07, 6.45) is 2.89. The Bertz CT molecular complexity index is 890. The van der Waals surface area contributed by atoms with E-state index in [2.05, 4.69) is 6.58 Å². The fourth-order valence-electron chi connectivity index (χ4n) is 2.36. The van der Waals surface area contributed by atoms with Crippen molar-refractivity contribution in [2.24, 2.45) is 0 Å². The Kier molecular flexibility index (Phi) is 5.25. The number of aryl methyl sites for hydroxylation is 1. The lowest BCUT2D eigenvalue weighted by Crippen LogP contribution is -2.12. The van der Waals surface area contributed by atoms with Gasteiger partial charge in [-0.1, -0.05) is 12.7 Å². The van der Waals surface area contributed by atoms with Gasteiger partial charge in [-0.3, -0.25) is 0 Å². The summed E-state index contributed by atoms with van der Waals surface area (Å²) >= 11 is 0. The highest BCUT2D eigenvalue weighted by Gasteiger charge is 2.22. The number of benzene rings is 1. The molecular weight excluding hydrogens is 322 g/mol. The second-order valence-electron chi connectivity index (χ2n) is 5.22. The van der Waals surface area contributed by atoms with Crippen LogP contribution in [-0.2, 0) is 9.47 Å². The monoisotopic (exact) mass is 339 g/mol. The average molecular weight is 339 g/mol. The molecule has 128 valence electrons. The van der Waals surface area contributed by atoms with Crippen molar-refractivity contribution in [1.82, 2.24) is 4.57 Å². The molecule has 2 rings (SSSR count). The average Bonchev–Trinajstić information content (AvgIpc) is 2.94. The van der Waals surface area contributed by atoms with Crippen LogP contribution < -0.4 is 5.73 Å². The molecule has 0 saturated heterocycles. The van der Waals surface area contributed by atoms with Crippen molar-refractivity contribution in [3.05, 3.63) is 59.4 Å². The van der Waals surface area contributed by atoms with E-state index < -0.39 is 11.9 Å². The molecule has 7 nitrogen and oxygen atoms in total. The van der Waals surface area contributed by atoms with Crippen LogP contribution in [-0.4, -0.2) is 30.2 Å². The highest BCUT2D eigenvalue weighted by atomic mass is 16.5. The smallest absolute Gasteiger partial charge is 0.357 e. The fourth-order valence-corrected chi connectivity index (χ4v) is 2.36. The molecule has 2 N–H and O–H groups in total. The first-order valence-corrected chi connectivity index (χ1v) is 7.32. The predicted octanol–water partition coefficient (Wildman–Crippen LogP) is 2.37. The third-order valence-electron chi connectivity index (χ3n) is 3.45. The molecule has 0 fully saturated rings. The number of nitrogen functional groups attached to an aromatic ring is 1. The van der Waals surface area contributed by atoms with Crippen LogP contribution in [0.3, 0.4) is 0 Å². The van der Waals surface area contributed by atoms with Gasteiger partial charge in [0.15, 0.2) is 5.69 Å². The van der Waals surface area contributed by atoms with Gasteiger partial charge in [0.25, 0.3) is 0 Å². The van der Waals surface area contributed by atoms with E-state index >= 15 is 0 Å². The molecular formula is C18H17N3O4. The van der Waals surface area contributed by atoms with Crippen LogP contribution >= 0.6 is 0 Å². The second kappa shape index (κ2) is 7.36. The summed E-state index contributed by atoms with van der Waals surface area (Å²) in [5.41, 5.74) is 7.62. The normalized spacial score (nSPS) is 9.96. The maximum absolute atomic E-state index is 12.1. The molecule has 0 aliphatic heterocycles. The van der Waals surface area contributed by atoms with Crippen LogP contribution in [0, 0.1) is 18.3 Å². The summed E-state index contributed by atoms with van der Waals surface area (Å²) in [5.74, 6) is -1.21. The summed E-state index contributed by atoms with van der Waals surface area (Å²) in [5, 5.41) is 9.17. The Morgan fingerprint density at radius 3 is 2.68 bits per heavy atom. The number of carbonyl (C=O) groups excluding carboxylic acids is 2. The number of hydrogen-bond donors (Lipinski definition) is 1. The van der Waals surface area contributed by atoms with Gasteiger partial charge in [-0.25, -0.2) is 9.59 Å². The third kappa shape index (κ3) is 3.53. The molecule has 7 heteroatoms. The van der Waals surface area contributed by atoms with Crippen LogP contribution in [0.1, 0.15) is 32.0 Å². The van der Waals surface area contributed by atoms with Gasteiger partial charge < -0.3 is 19.8 Å². The summed E-state index contributed by atoms with van der Waals surface area (Å²) in [6.45, 7) is 5.38. The lowest BCUT2D eigenvalue weighted by atomic mass is 10.1. The Labute approximate surface area is 144 Å². The predicted molar refractivity (Wildman–Crippen MR) is 91.5 cm³/mol. The Hall–Kier alpha value is -3.53. The minimum Gasteiger partial charge on any atom is -0.464 e. The first-order chi connectivity index (χ1) is 11.9. The van der Waals surface area contributed by atoms with Crippen molar-refractivity contribution >= 4 is 17.6 Å². The number of nitriles is 1. The van der Waals surface area contributed by atoms with E-state index in [-0.39, 0.29) is 23.6 Å². The first kappa shape index (κ1) is 17.8. The number of nitrogens with zero attached hydrogens (tertiary/aromatic N) is 2. The van der Waals surface area contributed by atoms with Crippen LogP contribution in [0.5, 0.6) is 0 Å². The number of hydrogen-bond acceptors (Lipinski definition) is 6. The standard InChI is InChI=1S/C18H17N3O4/c1-4-5-25-17(22)12-6-11(2)7-14(8-12)21-10-13(9-19)15(20)16(21)18(23)24-3/h4,6-8,10H,1,5,20H2,2-3H3. The molecule has 1 aromatic carbocycles. The molecule has 0 radical (unpaired) electrons. The molecule has 0 aliphatic rings. The van der Waals surface area contributed by atoms with Gasteiger partial charge in [-0.15, -0.1) is 0 Å². The quantitative estimate of drug-likeness (QED) is 0.662. The van der Waals surface area contributed by atoms with Crippen LogP contribution in [0.2, 0.25) is 0 Å². The van der Waals surface area contributed by atoms with E-state index in [1.54, 1.807) is 25.1 Å². The van der Waals surface area contributed by atoms with Gasteiger partial charge in [0.2, 0.25) is 0 Å². The zero-order chi connectivity index (χ0) is 18.6. The molecule has 1 heterocycles. The summed E-state index contributed by atoms with van der Waals surface area (Å²) in [7, 11) is 1.22. The van der Waals surface area contributed by atoms with Crippen LogP contribution in [0.25, 0.3) is 5.69 Å². The third-order valence-corrected chi connectivity index (χ3v) is 3.45. The Morgan fingerprint density at radius 1 is 1.36 bits per heavy atom. The van der Waals surface area contributed by atoms with E-state index in [0.717, 1.165) is 5.56 Å². The molecule has 0 aliphatic carbocycles. The van der Waals surface area contributed by atoms with Gasteiger partial charge in [0.1, 0.15) is 12.7 Å². The molecule has 0 bridgehead atoms. The maximum atomic E-state index is 12.1. The zero-order valence-electron chi connectivity index (χ0n) is 13.9. The van der Waals surface area contributed by atoms with Crippen molar-refractivity contribution in [1.29, 1.82) is 5.26 Å². The molecule has 0 amide bonds. The zero-order valence-corrected chi connectivity index (χ0v) is 13.9. The second-order valence-corrected chi connectivity index (χ2v) is 5.22. The van der Waals surface area contributed by atoms with Crippen molar-refractivity contribution in [2.45, 2.75) is 6.92 Å².